The number of nitrogen functional groups attached to an aromatic ring is 1. The van der Waals surface area contributed by atoms with E-state index in [0.717, 1.165) is 0 Å². The topological polar surface area (TPSA) is 75.7 Å². The van der Waals surface area contributed by atoms with Crippen LogP contribution in [0.5, 0.6) is 0 Å². The largest absolute Gasteiger partial charge is 0.382 e. The summed E-state index contributed by atoms with van der Waals surface area (Å²) in [5.74, 6) is 0.312. The zero-order valence-electron chi connectivity index (χ0n) is 6.03. The molecule has 1 aromatic heterocycles. The molecule has 0 saturated heterocycles. The summed E-state index contributed by atoms with van der Waals surface area (Å²) in [6, 6.07) is 0. The fourth-order valence-electron chi connectivity index (χ4n) is 0.620. The maximum atomic E-state index is 7.40. The molecule has 0 spiro atoms. The van der Waals surface area contributed by atoms with Gasteiger partial charge < -0.3 is 5.73 Å². The van der Waals surface area contributed by atoms with Crippen LogP contribution in [0.4, 0.5) is 5.82 Å². The molecule has 0 fully saturated rings. The fraction of sp³-hybridized carbons (Fsp3) is 0.167. The lowest BCUT2D eigenvalue weighted by Crippen LogP contribution is -2.04. The normalized spacial score (nSPS) is 9.55. The maximum absolute atomic E-state index is 7.40. The summed E-state index contributed by atoms with van der Waals surface area (Å²) in [4.78, 5) is 7.73. The molecule has 11 heavy (non-hydrogen) atoms. The minimum absolute atomic E-state index is 0.312. The molecule has 3 N–H and O–H groups in total. The predicted octanol–water partition coefficient (Wildman–Crippen LogP) is 0.747. The van der Waals surface area contributed by atoms with Gasteiger partial charge in [-0.3, -0.25) is 5.41 Å². The van der Waals surface area contributed by atoms with Gasteiger partial charge in [-0.1, -0.05) is 0 Å². The van der Waals surface area contributed by atoms with Gasteiger partial charge in [0, 0.05) is 12.4 Å². The zero-order chi connectivity index (χ0) is 8.27. The Hall–Kier alpha value is -1.10. The molecule has 0 radical (unpaired) electrons. The van der Waals surface area contributed by atoms with Gasteiger partial charge in [0.2, 0.25) is 0 Å². The number of nitrogens with one attached hydrogen (secondary N) is 1. The van der Waals surface area contributed by atoms with Crippen molar-refractivity contribution >= 4 is 22.6 Å². The summed E-state index contributed by atoms with van der Waals surface area (Å²) in [5, 5.41) is 7.74. The van der Waals surface area contributed by atoms with Crippen LogP contribution in [-0.4, -0.2) is 21.3 Å². The van der Waals surface area contributed by atoms with Gasteiger partial charge in [-0.05, 0) is 6.26 Å². The highest BCUT2D eigenvalue weighted by atomic mass is 32.2. The van der Waals surface area contributed by atoms with E-state index in [1.165, 1.54) is 24.2 Å². The van der Waals surface area contributed by atoms with Gasteiger partial charge in [0.15, 0.2) is 5.82 Å². The summed E-state index contributed by atoms with van der Waals surface area (Å²) in [6.07, 6.45) is 4.83. The highest BCUT2D eigenvalue weighted by Gasteiger charge is 2.05. The molecule has 58 valence electrons. The molecular weight excluding hydrogens is 160 g/mol. The Balaban J connectivity index is 3.03. The van der Waals surface area contributed by atoms with E-state index >= 15 is 0 Å². The molecule has 0 atom stereocenters. The second kappa shape index (κ2) is 3.34. The lowest BCUT2D eigenvalue weighted by atomic mass is 10.4. The van der Waals surface area contributed by atoms with Crippen molar-refractivity contribution in [1.82, 2.24) is 9.97 Å². The van der Waals surface area contributed by atoms with Crippen molar-refractivity contribution in [2.45, 2.75) is 0 Å². The summed E-state index contributed by atoms with van der Waals surface area (Å²) < 4.78 is 0. The zero-order valence-corrected chi connectivity index (χ0v) is 6.85. The van der Waals surface area contributed by atoms with Gasteiger partial charge in [-0.15, -0.1) is 11.8 Å². The maximum Gasteiger partial charge on any atom is 0.152 e. The molecular formula is C6H8N4S. The molecule has 1 aromatic rings. The van der Waals surface area contributed by atoms with Crippen LogP contribution in [0, 0.1) is 5.41 Å². The predicted molar refractivity (Wildman–Crippen MR) is 46.8 cm³/mol. The van der Waals surface area contributed by atoms with E-state index < -0.39 is 0 Å². The number of hydrogen-bond donors (Lipinski definition) is 2. The van der Waals surface area contributed by atoms with E-state index in [1.807, 2.05) is 0 Å². The third-order valence-electron chi connectivity index (χ3n) is 1.15. The molecule has 0 aliphatic heterocycles. The molecule has 0 bridgehead atoms. The number of nitrogens with zero attached hydrogens (tertiary/aromatic N) is 2. The molecule has 0 amide bonds. The number of aromatic nitrogens is 2. The van der Waals surface area contributed by atoms with E-state index in [9.17, 15) is 0 Å². The third-order valence-corrected chi connectivity index (χ3v) is 1.75. The van der Waals surface area contributed by atoms with Gasteiger partial charge in [0.25, 0.3) is 0 Å². The molecule has 0 aliphatic rings. The molecule has 0 aromatic carbocycles. The van der Waals surface area contributed by atoms with Gasteiger partial charge >= 0.3 is 0 Å². The van der Waals surface area contributed by atoms with Gasteiger partial charge in [0.1, 0.15) is 10.7 Å². The average Bonchev–Trinajstić information content (AvgIpc) is 2.04. The van der Waals surface area contributed by atoms with Crippen molar-refractivity contribution in [1.29, 1.82) is 5.41 Å². The second-order valence-electron chi connectivity index (χ2n) is 1.82. The number of anilines is 1. The Labute approximate surface area is 68.7 Å². The Kier molecular flexibility index (Phi) is 2.43. The van der Waals surface area contributed by atoms with Crippen LogP contribution < -0.4 is 5.73 Å². The molecule has 0 aliphatic carbocycles. The molecule has 1 rings (SSSR count). The average molecular weight is 168 g/mol. The highest BCUT2D eigenvalue weighted by molar-refractivity contribution is 8.13. The fourth-order valence-corrected chi connectivity index (χ4v) is 0.971. The SMILES string of the molecule is CSC(=N)c1nccnc1N. The standard InChI is InChI=1S/C6H8N4S/c1-11-6(8)4-5(7)10-3-2-9-4/h2-3,8H,1H3,(H2,7,10). The second-order valence-corrected chi connectivity index (χ2v) is 2.64. The van der Waals surface area contributed by atoms with Crippen LogP contribution in [0.25, 0.3) is 0 Å². The molecule has 0 saturated carbocycles. The Morgan fingerprint density at radius 3 is 2.73 bits per heavy atom. The summed E-state index contributed by atoms with van der Waals surface area (Å²) >= 11 is 1.29. The highest BCUT2D eigenvalue weighted by Crippen LogP contribution is 2.10. The minimum atomic E-state index is 0.312. The van der Waals surface area contributed by atoms with Crippen LogP contribution in [0.1, 0.15) is 5.69 Å². The van der Waals surface area contributed by atoms with Crippen molar-refractivity contribution in [3.8, 4) is 0 Å². The van der Waals surface area contributed by atoms with Crippen LogP contribution in [0.3, 0.4) is 0 Å². The lowest BCUT2D eigenvalue weighted by Gasteiger charge is -2.00. The first-order valence-corrected chi connectivity index (χ1v) is 4.17. The monoisotopic (exact) mass is 168 g/mol. The van der Waals surface area contributed by atoms with E-state index in [4.69, 9.17) is 11.1 Å². The number of rotatable bonds is 1. The van der Waals surface area contributed by atoms with E-state index in [0.29, 0.717) is 16.6 Å². The number of nitrogens with two attached hydrogens (primary N) is 1. The number of hydrogen-bond acceptors (Lipinski definition) is 5. The van der Waals surface area contributed by atoms with Gasteiger partial charge in [0.05, 0.1) is 0 Å². The molecule has 4 nitrogen and oxygen atoms in total. The Morgan fingerprint density at radius 1 is 1.55 bits per heavy atom. The summed E-state index contributed by atoms with van der Waals surface area (Å²) in [7, 11) is 0. The summed E-state index contributed by atoms with van der Waals surface area (Å²) in [6.45, 7) is 0. The van der Waals surface area contributed by atoms with E-state index in [-0.39, 0.29) is 0 Å². The molecule has 0 unspecified atom stereocenters. The van der Waals surface area contributed by atoms with E-state index in [2.05, 4.69) is 9.97 Å². The van der Waals surface area contributed by atoms with Crippen LogP contribution in [0.15, 0.2) is 12.4 Å². The minimum Gasteiger partial charge on any atom is -0.382 e. The van der Waals surface area contributed by atoms with E-state index in [1.54, 1.807) is 6.26 Å². The van der Waals surface area contributed by atoms with Crippen LogP contribution >= 0.6 is 11.8 Å². The molecule has 1 heterocycles. The van der Waals surface area contributed by atoms with Crippen molar-refractivity contribution in [2.24, 2.45) is 0 Å². The van der Waals surface area contributed by atoms with Crippen LogP contribution in [0.2, 0.25) is 0 Å². The lowest BCUT2D eigenvalue weighted by molar-refractivity contribution is 1.19. The van der Waals surface area contributed by atoms with Crippen molar-refractivity contribution in [2.75, 3.05) is 12.0 Å². The van der Waals surface area contributed by atoms with Gasteiger partial charge in [-0.2, -0.15) is 0 Å². The first-order chi connectivity index (χ1) is 5.25. The Bertz CT molecular complexity index is 273. The first-order valence-electron chi connectivity index (χ1n) is 2.95. The van der Waals surface area contributed by atoms with Gasteiger partial charge in [-0.25, -0.2) is 9.97 Å². The van der Waals surface area contributed by atoms with Crippen molar-refractivity contribution in [3.63, 3.8) is 0 Å². The van der Waals surface area contributed by atoms with Crippen LogP contribution in [-0.2, 0) is 0 Å². The van der Waals surface area contributed by atoms with Crippen molar-refractivity contribution in [3.05, 3.63) is 18.1 Å². The Morgan fingerprint density at radius 2 is 2.18 bits per heavy atom. The van der Waals surface area contributed by atoms with Crippen molar-refractivity contribution < 1.29 is 0 Å². The number of thioether (sulfide) groups is 1. The summed E-state index contributed by atoms with van der Waals surface area (Å²) in [5.41, 5.74) is 5.93. The third kappa shape index (κ3) is 1.68. The smallest absolute Gasteiger partial charge is 0.152 e. The quantitative estimate of drug-likeness (QED) is 0.479. The first kappa shape index (κ1) is 8.00. The molecule has 5 heteroatoms.